The summed E-state index contributed by atoms with van der Waals surface area (Å²) in [6.45, 7) is 0.531. The fourth-order valence-corrected chi connectivity index (χ4v) is 5.12. The van der Waals surface area contributed by atoms with Gasteiger partial charge in [-0.3, -0.25) is 14.8 Å². The molecule has 1 aliphatic heterocycles. The number of pyridine rings is 3. The molecule has 0 aromatic carbocycles. The molecule has 1 fully saturated rings. The minimum atomic E-state index is 0.00553. The predicted molar refractivity (Wildman–Crippen MR) is 122 cm³/mol. The molecule has 5 rings (SSSR count). The predicted octanol–water partition coefficient (Wildman–Crippen LogP) is 3.51. The molecule has 0 N–H and O–H groups in total. The van der Waals surface area contributed by atoms with Crippen molar-refractivity contribution in [2.24, 2.45) is 0 Å². The van der Waals surface area contributed by atoms with Gasteiger partial charge in [-0.2, -0.15) is 16.9 Å². The Bertz CT molecular complexity index is 1200. The second kappa shape index (κ2) is 8.47. The normalized spacial score (nSPS) is 16.0. The monoisotopic (exact) mass is 430 g/mol. The van der Waals surface area contributed by atoms with Crippen molar-refractivity contribution in [1.29, 1.82) is 0 Å². The van der Waals surface area contributed by atoms with Crippen LogP contribution in [0.2, 0.25) is 0 Å². The zero-order chi connectivity index (χ0) is 21.2. The summed E-state index contributed by atoms with van der Waals surface area (Å²) in [6, 6.07) is 9.86. The number of carbonyl (C=O) groups is 1. The third kappa shape index (κ3) is 3.90. The molecule has 7 nitrogen and oxygen atoms in total. The lowest BCUT2D eigenvalue weighted by molar-refractivity contribution is 0.0750. The highest BCUT2D eigenvalue weighted by Gasteiger charge is 2.27. The largest absolute Gasteiger partial charge is 0.338 e. The van der Waals surface area contributed by atoms with E-state index in [1.165, 1.54) is 0 Å². The van der Waals surface area contributed by atoms with Crippen LogP contribution in [0.25, 0.3) is 22.3 Å². The van der Waals surface area contributed by atoms with E-state index in [0.29, 0.717) is 23.4 Å². The molecule has 4 aromatic rings. The second-order valence-corrected chi connectivity index (χ2v) is 8.78. The van der Waals surface area contributed by atoms with Gasteiger partial charge in [0, 0.05) is 49.2 Å². The summed E-state index contributed by atoms with van der Waals surface area (Å²) in [7, 11) is 1.90. The van der Waals surface area contributed by atoms with Gasteiger partial charge in [0.25, 0.3) is 5.91 Å². The molecule has 1 atom stereocenters. The summed E-state index contributed by atoms with van der Waals surface area (Å²) in [5.41, 5.74) is 3.91. The minimum Gasteiger partial charge on any atom is -0.338 e. The molecule has 1 aliphatic rings. The third-order valence-electron chi connectivity index (χ3n) is 5.63. The number of hydrogen-bond donors (Lipinski definition) is 0. The van der Waals surface area contributed by atoms with E-state index in [1.807, 2.05) is 64.9 Å². The Hall–Kier alpha value is -3.26. The SMILES string of the molecule is CN(C(=O)c1cc(-c2cccnc2)nc2c1cnn2Cc1cccnc1)C1CCSC1. The van der Waals surface area contributed by atoms with Gasteiger partial charge in [-0.1, -0.05) is 6.07 Å². The summed E-state index contributed by atoms with van der Waals surface area (Å²) in [6.07, 6.45) is 9.83. The number of carbonyl (C=O) groups excluding carboxylic acids is 1. The maximum absolute atomic E-state index is 13.5. The molecule has 8 heteroatoms. The van der Waals surface area contributed by atoms with Gasteiger partial charge in [-0.15, -0.1) is 0 Å². The van der Waals surface area contributed by atoms with Gasteiger partial charge >= 0.3 is 0 Å². The summed E-state index contributed by atoms with van der Waals surface area (Å²) >= 11 is 1.90. The standard InChI is InChI=1S/C23H22N6OS/c1-28(18-6-9-31-15-18)23(30)19-10-21(17-5-3-8-25-12-17)27-22-20(19)13-26-29(22)14-16-4-2-7-24-11-16/h2-5,7-8,10-13,18H,6,9,14-15H2,1H3. The Labute approximate surface area is 184 Å². The number of hydrogen-bond acceptors (Lipinski definition) is 6. The van der Waals surface area contributed by atoms with Gasteiger partial charge in [0.05, 0.1) is 29.4 Å². The van der Waals surface area contributed by atoms with E-state index in [9.17, 15) is 4.79 Å². The highest BCUT2D eigenvalue weighted by atomic mass is 32.2. The highest BCUT2D eigenvalue weighted by molar-refractivity contribution is 7.99. The maximum Gasteiger partial charge on any atom is 0.254 e. The number of amides is 1. The van der Waals surface area contributed by atoms with Gasteiger partial charge < -0.3 is 4.90 Å². The average molecular weight is 431 g/mol. The van der Waals surface area contributed by atoms with Crippen LogP contribution >= 0.6 is 11.8 Å². The lowest BCUT2D eigenvalue weighted by Crippen LogP contribution is -2.37. The molecule has 0 radical (unpaired) electrons. The van der Waals surface area contributed by atoms with Crippen molar-refractivity contribution in [2.45, 2.75) is 19.0 Å². The summed E-state index contributed by atoms with van der Waals surface area (Å²) in [5, 5.41) is 5.32. The van der Waals surface area contributed by atoms with E-state index >= 15 is 0 Å². The first-order chi connectivity index (χ1) is 15.2. The van der Waals surface area contributed by atoms with Crippen LogP contribution in [0.3, 0.4) is 0 Å². The quantitative estimate of drug-likeness (QED) is 0.482. The van der Waals surface area contributed by atoms with E-state index < -0.39 is 0 Å². The first kappa shape index (κ1) is 19.7. The van der Waals surface area contributed by atoms with Crippen LogP contribution in [-0.4, -0.2) is 60.1 Å². The summed E-state index contributed by atoms with van der Waals surface area (Å²) in [4.78, 5) is 28.7. The zero-order valence-electron chi connectivity index (χ0n) is 17.2. The van der Waals surface area contributed by atoms with Crippen molar-refractivity contribution >= 4 is 28.7 Å². The zero-order valence-corrected chi connectivity index (χ0v) is 18.0. The molecule has 0 saturated carbocycles. The first-order valence-electron chi connectivity index (χ1n) is 10.2. The van der Waals surface area contributed by atoms with E-state index in [1.54, 1.807) is 24.8 Å². The Morgan fingerprint density at radius 2 is 2.03 bits per heavy atom. The summed E-state index contributed by atoms with van der Waals surface area (Å²) in [5.74, 6) is 2.08. The van der Waals surface area contributed by atoms with Crippen molar-refractivity contribution < 1.29 is 4.79 Å². The maximum atomic E-state index is 13.5. The molecule has 0 spiro atoms. The van der Waals surface area contributed by atoms with E-state index in [2.05, 4.69) is 15.1 Å². The van der Waals surface area contributed by atoms with Crippen LogP contribution in [0.4, 0.5) is 0 Å². The van der Waals surface area contributed by atoms with Crippen molar-refractivity contribution in [3.63, 3.8) is 0 Å². The lowest BCUT2D eigenvalue weighted by atomic mass is 10.1. The third-order valence-corrected chi connectivity index (χ3v) is 6.77. The minimum absolute atomic E-state index is 0.00553. The molecular formula is C23H22N6OS. The Balaban J connectivity index is 1.62. The van der Waals surface area contributed by atoms with E-state index in [-0.39, 0.29) is 11.9 Å². The van der Waals surface area contributed by atoms with Gasteiger partial charge in [0.2, 0.25) is 0 Å². The van der Waals surface area contributed by atoms with Gasteiger partial charge in [0.1, 0.15) is 0 Å². The van der Waals surface area contributed by atoms with Crippen LogP contribution in [0, 0.1) is 0 Å². The number of aromatic nitrogens is 5. The van der Waals surface area contributed by atoms with Gasteiger partial charge in [0.15, 0.2) is 5.65 Å². The first-order valence-corrected chi connectivity index (χ1v) is 11.4. The van der Waals surface area contributed by atoms with Crippen LogP contribution < -0.4 is 0 Å². The number of rotatable bonds is 5. The molecule has 5 heterocycles. The fourth-order valence-electron chi connectivity index (χ4n) is 3.85. The molecule has 156 valence electrons. The lowest BCUT2D eigenvalue weighted by Gasteiger charge is -2.24. The Morgan fingerprint density at radius 1 is 1.19 bits per heavy atom. The molecule has 1 amide bonds. The second-order valence-electron chi connectivity index (χ2n) is 7.63. The van der Waals surface area contributed by atoms with Crippen molar-refractivity contribution in [3.05, 3.63) is 72.4 Å². The van der Waals surface area contributed by atoms with E-state index in [4.69, 9.17) is 4.98 Å². The summed E-state index contributed by atoms with van der Waals surface area (Å²) < 4.78 is 1.83. The molecule has 31 heavy (non-hydrogen) atoms. The molecular weight excluding hydrogens is 408 g/mol. The van der Waals surface area contributed by atoms with Crippen LogP contribution in [0.1, 0.15) is 22.3 Å². The van der Waals surface area contributed by atoms with Crippen molar-refractivity contribution in [3.8, 4) is 11.3 Å². The van der Waals surface area contributed by atoms with Crippen molar-refractivity contribution in [1.82, 2.24) is 29.6 Å². The van der Waals surface area contributed by atoms with E-state index in [0.717, 1.165) is 34.4 Å². The Kier molecular flexibility index (Phi) is 5.38. The molecule has 0 aliphatic carbocycles. The topological polar surface area (TPSA) is 76.8 Å². The fraction of sp³-hybridized carbons (Fsp3) is 0.261. The molecule has 4 aromatic heterocycles. The van der Waals surface area contributed by atoms with Gasteiger partial charge in [-0.25, -0.2) is 9.67 Å². The van der Waals surface area contributed by atoms with Crippen LogP contribution in [0.5, 0.6) is 0 Å². The molecule has 1 saturated heterocycles. The van der Waals surface area contributed by atoms with Crippen LogP contribution in [-0.2, 0) is 6.54 Å². The number of fused-ring (bicyclic) bond motifs is 1. The smallest absolute Gasteiger partial charge is 0.254 e. The number of nitrogens with zero attached hydrogens (tertiary/aromatic N) is 6. The Morgan fingerprint density at radius 3 is 2.74 bits per heavy atom. The highest BCUT2D eigenvalue weighted by Crippen LogP contribution is 2.28. The number of thioether (sulfide) groups is 1. The molecule has 1 unspecified atom stereocenters. The van der Waals surface area contributed by atoms with Crippen LogP contribution in [0.15, 0.2) is 61.3 Å². The van der Waals surface area contributed by atoms with Gasteiger partial charge in [-0.05, 0) is 42.0 Å². The average Bonchev–Trinajstić information content (AvgIpc) is 3.50. The van der Waals surface area contributed by atoms with Crippen molar-refractivity contribution in [2.75, 3.05) is 18.6 Å². The molecule has 0 bridgehead atoms.